The third-order valence-electron chi connectivity index (χ3n) is 3.66. The van der Waals surface area contributed by atoms with Gasteiger partial charge in [-0.2, -0.15) is 5.26 Å². The highest BCUT2D eigenvalue weighted by molar-refractivity contribution is 5.32. The first kappa shape index (κ1) is 13.1. The number of nitrogens with one attached hydrogen (secondary N) is 1. The number of hydrogen-bond donors (Lipinski definition) is 2. The van der Waals surface area contributed by atoms with Crippen LogP contribution in [0.2, 0.25) is 0 Å². The number of hydrogen-bond acceptors (Lipinski definition) is 3. The summed E-state index contributed by atoms with van der Waals surface area (Å²) in [6.45, 7) is 3.81. The predicted octanol–water partition coefficient (Wildman–Crippen LogP) is 2.23. The lowest BCUT2D eigenvalue weighted by Gasteiger charge is -2.15. The summed E-state index contributed by atoms with van der Waals surface area (Å²) in [7, 11) is 0. The van der Waals surface area contributed by atoms with Crippen LogP contribution in [0.4, 0.5) is 0 Å². The molecule has 0 radical (unpaired) electrons. The lowest BCUT2D eigenvalue weighted by atomic mass is 10.1. The minimum atomic E-state index is -0.496. The van der Waals surface area contributed by atoms with Crippen molar-refractivity contribution in [1.29, 1.82) is 5.26 Å². The number of nitrogens with zero attached hydrogens (tertiary/aromatic N) is 1. The van der Waals surface area contributed by atoms with Crippen molar-refractivity contribution in [2.45, 2.75) is 25.9 Å². The van der Waals surface area contributed by atoms with E-state index in [0.29, 0.717) is 18.0 Å². The van der Waals surface area contributed by atoms with Crippen LogP contribution in [0.25, 0.3) is 0 Å². The van der Waals surface area contributed by atoms with Gasteiger partial charge in [0.05, 0.1) is 17.7 Å². The summed E-state index contributed by atoms with van der Waals surface area (Å²) in [6, 6.07) is 9.19. The highest BCUT2D eigenvalue weighted by atomic mass is 16.3. The largest absolute Gasteiger partial charge is 0.387 e. The molecule has 0 spiro atoms. The minimum Gasteiger partial charge on any atom is -0.387 e. The van der Waals surface area contributed by atoms with Crippen LogP contribution in [-0.4, -0.2) is 18.2 Å². The Balaban J connectivity index is 1.76. The Hall–Kier alpha value is -1.37. The van der Waals surface area contributed by atoms with Gasteiger partial charge in [-0.15, -0.1) is 0 Å². The van der Waals surface area contributed by atoms with Crippen LogP contribution in [0.1, 0.15) is 37.0 Å². The van der Waals surface area contributed by atoms with Gasteiger partial charge in [0.2, 0.25) is 0 Å². The summed E-state index contributed by atoms with van der Waals surface area (Å²) < 4.78 is 0. The monoisotopic (exact) mass is 244 g/mol. The molecule has 0 aromatic heterocycles. The Kier molecular flexibility index (Phi) is 4.35. The molecule has 3 nitrogen and oxygen atoms in total. The summed E-state index contributed by atoms with van der Waals surface area (Å²) in [5.74, 6) is 1.60. The average Bonchev–Trinajstić information content (AvgIpc) is 3.23. The third kappa shape index (κ3) is 3.56. The van der Waals surface area contributed by atoms with Gasteiger partial charge in [0.15, 0.2) is 0 Å². The molecule has 1 aromatic rings. The molecule has 2 unspecified atom stereocenters. The van der Waals surface area contributed by atoms with Crippen molar-refractivity contribution in [1.82, 2.24) is 5.32 Å². The lowest BCUT2D eigenvalue weighted by Crippen LogP contribution is -2.27. The molecule has 18 heavy (non-hydrogen) atoms. The number of nitriles is 1. The molecule has 0 amide bonds. The summed E-state index contributed by atoms with van der Waals surface area (Å²) in [5, 5.41) is 22.0. The van der Waals surface area contributed by atoms with Crippen LogP contribution in [0.15, 0.2) is 24.3 Å². The molecule has 96 valence electrons. The van der Waals surface area contributed by atoms with E-state index in [-0.39, 0.29) is 0 Å². The smallest absolute Gasteiger partial charge is 0.0991 e. The lowest BCUT2D eigenvalue weighted by molar-refractivity contribution is 0.172. The Morgan fingerprint density at radius 1 is 1.33 bits per heavy atom. The summed E-state index contributed by atoms with van der Waals surface area (Å²) in [4.78, 5) is 0. The van der Waals surface area contributed by atoms with Gasteiger partial charge in [0.1, 0.15) is 0 Å². The topological polar surface area (TPSA) is 56.0 Å². The van der Waals surface area contributed by atoms with E-state index < -0.39 is 6.10 Å². The van der Waals surface area contributed by atoms with Gasteiger partial charge in [0, 0.05) is 6.54 Å². The van der Waals surface area contributed by atoms with Crippen molar-refractivity contribution < 1.29 is 5.11 Å². The number of rotatable bonds is 6. The zero-order chi connectivity index (χ0) is 13.0. The van der Waals surface area contributed by atoms with E-state index in [2.05, 4.69) is 18.3 Å². The Bertz CT molecular complexity index is 417. The SMILES string of the molecule is CC(CNCC(O)c1ccc(C#N)cc1)C1CC1. The highest BCUT2D eigenvalue weighted by Gasteiger charge is 2.27. The van der Waals surface area contributed by atoms with E-state index in [0.717, 1.165) is 18.0 Å². The number of aliphatic hydroxyl groups is 1. The fourth-order valence-electron chi connectivity index (χ4n) is 2.18. The normalized spacial score (nSPS) is 18.1. The first-order valence-electron chi connectivity index (χ1n) is 6.59. The van der Waals surface area contributed by atoms with Gasteiger partial charge in [-0.1, -0.05) is 19.1 Å². The maximum absolute atomic E-state index is 10.0. The molecule has 1 fully saturated rings. The third-order valence-corrected chi connectivity index (χ3v) is 3.66. The van der Waals surface area contributed by atoms with E-state index in [4.69, 9.17) is 5.26 Å². The van der Waals surface area contributed by atoms with Crippen LogP contribution < -0.4 is 5.32 Å². The van der Waals surface area contributed by atoms with Crippen molar-refractivity contribution in [3.63, 3.8) is 0 Å². The van der Waals surface area contributed by atoms with Gasteiger partial charge in [-0.3, -0.25) is 0 Å². The summed E-state index contributed by atoms with van der Waals surface area (Å²) in [5.41, 5.74) is 1.49. The molecule has 1 aliphatic carbocycles. The van der Waals surface area contributed by atoms with Crippen molar-refractivity contribution in [3.8, 4) is 6.07 Å². The molecule has 0 aliphatic heterocycles. The van der Waals surface area contributed by atoms with Crippen LogP contribution in [0, 0.1) is 23.2 Å². The zero-order valence-electron chi connectivity index (χ0n) is 10.8. The second kappa shape index (κ2) is 5.99. The number of benzene rings is 1. The molecular formula is C15H20N2O. The van der Waals surface area contributed by atoms with E-state index in [1.54, 1.807) is 12.1 Å². The van der Waals surface area contributed by atoms with E-state index in [1.165, 1.54) is 12.8 Å². The standard InChI is InChI=1S/C15H20N2O/c1-11(13-6-7-13)9-17-10-15(18)14-4-2-12(8-16)3-5-14/h2-5,11,13,15,17-18H,6-7,9-10H2,1H3. The Morgan fingerprint density at radius 2 is 2.00 bits per heavy atom. The highest BCUT2D eigenvalue weighted by Crippen LogP contribution is 2.36. The average molecular weight is 244 g/mol. The van der Waals surface area contributed by atoms with Crippen LogP contribution in [0.3, 0.4) is 0 Å². The zero-order valence-corrected chi connectivity index (χ0v) is 10.8. The fourth-order valence-corrected chi connectivity index (χ4v) is 2.18. The molecule has 0 saturated heterocycles. The first-order valence-corrected chi connectivity index (χ1v) is 6.59. The molecule has 0 bridgehead atoms. The molecular weight excluding hydrogens is 224 g/mol. The quantitative estimate of drug-likeness (QED) is 0.806. The van der Waals surface area contributed by atoms with Gasteiger partial charge in [-0.25, -0.2) is 0 Å². The van der Waals surface area contributed by atoms with Crippen LogP contribution in [0.5, 0.6) is 0 Å². The molecule has 2 rings (SSSR count). The summed E-state index contributed by atoms with van der Waals surface area (Å²) >= 11 is 0. The molecule has 1 saturated carbocycles. The van der Waals surface area contributed by atoms with Crippen LogP contribution in [-0.2, 0) is 0 Å². The molecule has 3 heteroatoms. The maximum atomic E-state index is 10.0. The van der Waals surface area contributed by atoms with E-state index in [1.807, 2.05) is 12.1 Å². The molecule has 2 atom stereocenters. The molecule has 1 aromatic carbocycles. The van der Waals surface area contributed by atoms with E-state index in [9.17, 15) is 5.11 Å². The van der Waals surface area contributed by atoms with Gasteiger partial charge < -0.3 is 10.4 Å². The van der Waals surface area contributed by atoms with Gasteiger partial charge in [0.25, 0.3) is 0 Å². The van der Waals surface area contributed by atoms with E-state index >= 15 is 0 Å². The van der Waals surface area contributed by atoms with Crippen LogP contribution >= 0.6 is 0 Å². The first-order chi connectivity index (χ1) is 8.70. The Labute approximate surface area is 108 Å². The van der Waals surface area contributed by atoms with Gasteiger partial charge >= 0.3 is 0 Å². The van der Waals surface area contributed by atoms with Gasteiger partial charge in [-0.05, 0) is 48.9 Å². The second-order valence-corrected chi connectivity index (χ2v) is 5.22. The molecule has 1 aliphatic rings. The number of aliphatic hydroxyl groups excluding tert-OH is 1. The molecule has 0 heterocycles. The fraction of sp³-hybridized carbons (Fsp3) is 0.533. The van der Waals surface area contributed by atoms with Crippen molar-refractivity contribution >= 4 is 0 Å². The predicted molar refractivity (Wildman–Crippen MR) is 70.9 cm³/mol. The Morgan fingerprint density at radius 3 is 2.56 bits per heavy atom. The summed E-state index contributed by atoms with van der Waals surface area (Å²) in [6.07, 6.45) is 2.23. The second-order valence-electron chi connectivity index (χ2n) is 5.22. The molecule has 2 N–H and O–H groups in total. The van der Waals surface area contributed by atoms with Crippen molar-refractivity contribution in [2.75, 3.05) is 13.1 Å². The van der Waals surface area contributed by atoms with Crippen molar-refractivity contribution in [3.05, 3.63) is 35.4 Å². The minimum absolute atomic E-state index is 0.496. The maximum Gasteiger partial charge on any atom is 0.0991 e. The van der Waals surface area contributed by atoms with Crippen molar-refractivity contribution in [2.24, 2.45) is 11.8 Å².